The number of benzene rings is 2. The quantitative estimate of drug-likeness (QED) is 0.621. The van der Waals surface area contributed by atoms with E-state index in [1.807, 2.05) is 0 Å². The molecule has 0 spiro atoms. The predicted molar refractivity (Wildman–Crippen MR) is 118 cm³/mol. The van der Waals surface area contributed by atoms with Gasteiger partial charge in [-0.1, -0.05) is 18.2 Å². The molecule has 2 aromatic carbocycles. The van der Waals surface area contributed by atoms with Crippen molar-refractivity contribution >= 4 is 29.2 Å². The van der Waals surface area contributed by atoms with Gasteiger partial charge in [0.05, 0.1) is 12.5 Å². The topological polar surface area (TPSA) is 105 Å². The van der Waals surface area contributed by atoms with E-state index in [-0.39, 0.29) is 54.7 Å². The number of halogens is 3. The van der Waals surface area contributed by atoms with Gasteiger partial charge in [-0.25, -0.2) is 4.79 Å². The van der Waals surface area contributed by atoms with Crippen molar-refractivity contribution in [3.05, 3.63) is 58.7 Å². The van der Waals surface area contributed by atoms with E-state index in [0.29, 0.717) is 17.5 Å². The molecule has 4 rings (SSSR count). The number of rotatable bonds is 5. The summed E-state index contributed by atoms with van der Waals surface area (Å²) in [7, 11) is 0. The number of ketones is 2. The van der Waals surface area contributed by atoms with Crippen LogP contribution in [0.2, 0.25) is 0 Å². The molecule has 2 aliphatic rings. The number of ether oxygens (including phenoxy) is 1. The first-order valence-electron chi connectivity index (χ1n) is 10.9. The number of anilines is 1. The lowest BCUT2D eigenvalue weighted by atomic mass is 9.92. The third-order valence-electron chi connectivity index (χ3n) is 5.95. The highest BCUT2D eigenvalue weighted by Crippen LogP contribution is 2.30. The molecule has 1 aliphatic carbocycles. The average molecular weight is 489 g/mol. The van der Waals surface area contributed by atoms with E-state index in [1.165, 1.54) is 24.0 Å². The number of nitrogens with one attached hydrogen (secondary N) is 2. The molecule has 1 atom stereocenters. The number of carbonyl (C=O) groups excluding carboxylic acids is 4. The summed E-state index contributed by atoms with van der Waals surface area (Å²) in [6, 6.07) is 7.77. The number of nitrogens with zero attached hydrogens (tertiary/aromatic N) is 1. The second-order valence-electron chi connectivity index (χ2n) is 8.50. The van der Waals surface area contributed by atoms with Crippen LogP contribution in [0.1, 0.15) is 46.3 Å². The Morgan fingerprint density at radius 3 is 2.63 bits per heavy atom. The Morgan fingerprint density at radius 1 is 1.14 bits per heavy atom. The molecule has 0 saturated heterocycles. The number of amides is 3. The molecule has 1 heterocycles. The summed E-state index contributed by atoms with van der Waals surface area (Å²) < 4.78 is 41.6. The molecule has 1 saturated carbocycles. The zero-order chi connectivity index (χ0) is 25.3. The van der Waals surface area contributed by atoms with Crippen LogP contribution in [0.25, 0.3) is 0 Å². The van der Waals surface area contributed by atoms with Gasteiger partial charge in [0.25, 0.3) is 5.91 Å². The summed E-state index contributed by atoms with van der Waals surface area (Å²) >= 11 is 0. The zero-order valence-electron chi connectivity index (χ0n) is 18.7. The third-order valence-corrected chi connectivity index (χ3v) is 5.95. The summed E-state index contributed by atoms with van der Waals surface area (Å²) in [5.74, 6) is -1.08. The molecule has 1 aliphatic heterocycles. The maximum Gasteiger partial charge on any atom is 0.573 e. The van der Waals surface area contributed by atoms with Crippen LogP contribution < -0.4 is 15.4 Å². The van der Waals surface area contributed by atoms with Crippen molar-refractivity contribution in [2.24, 2.45) is 0 Å². The van der Waals surface area contributed by atoms with Crippen molar-refractivity contribution in [3.63, 3.8) is 0 Å². The van der Waals surface area contributed by atoms with E-state index in [9.17, 15) is 32.3 Å². The molecule has 0 radical (unpaired) electrons. The van der Waals surface area contributed by atoms with E-state index in [4.69, 9.17) is 0 Å². The fourth-order valence-corrected chi connectivity index (χ4v) is 4.19. The Balaban J connectivity index is 1.37. The van der Waals surface area contributed by atoms with E-state index < -0.39 is 24.2 Å². The minimum atomic E-state index is -4.85. The summed E-state index contributed by atoms with van der Waals surface area (Å²) in [5, 5.41) is 5.04. The van der Waals surface area contributed by atoms with E-state index in [0.717, 1.165) is 11.6 Å². The number of hydrogen-bond acceptors (Lipinski definition) is 5. The van der Waals surface area contributed by atoms with Crippen LogP contribution in [-0.4, -0.2) is 40.8 Å². The van der Waals surface area contributed by atoms with Gasteiger partial charge in [-0.3, -0.25) is 14.4 Å². The molecule has 1 unspecified atom stereocenters. The van der Waals surface area contributed by atoms with Crippen molar-refractivity contribution in [3.8, 4) is 5.75 Å². The number of fused-ring (bicyclic) bond motifs is 1. The van der Waals surface area contributed by atoms with Crippen LogP contribution >= 0.6 is 0 Å². The van der Waals surface area contributed by atoms with Gasteiger partial charge in [0.1, 0.15) is 11.5 Å². The maximum atomic E-state index is 12.9. The molecule has 0 aromatic heterocycles. The SMILES string of the molecule is Cc1ccc(NC(=O)NCc2ccc3c(c2)C(=O)N(C2CCC(=O)CC2=O)C3)cc1OC(F)(F)F. The average Bonchev–Trinajstić information content (AvgIpc) is 3.09. The molecular weight excluding hydrogens is 467 g/mol. The minimum Gasteiger partial charge on any atom is -0.405 e. The van der Waals surface area contributed by atoms with E-state index in [2.05, 4.69) is 15.4 Å². The van der Waals surface area contributed by atoms with Gasteiger partial charge in [0.15, 0.2) is 5.78 Å². The first kappa shape index (κ1) is 24.2. The number of hydrogen-bond donors (Lipinski definition) is 2. The molecule has 1 fully saturated rings. The summed E-state index contributed by atoms with van der Waals surface area (Å²) in [5.41, 5.74) is 2.19. The second kappa shape index (κ2) is 9.40. The van der Waals surface area contributed by atoms with Crippen LogP contribution in [0.4, 0.5) is 23.7 Å². The fraction of sp³-hybridized carbons (Fsp3) is 0.333. The Bertz CT molecular complexity index is 1210. The molecule has 0 bridgehead atoms. The molecule has 11 heteroatoms. The monoisotopic (exact) mass is 489 g/mol. The maximum absolute atomic E-state index is 12.9. The molecular formula is C24H22F3N3O5. The van der Waals surface area contributed by atoms with Crippen molar-refractivity contribution in [1.82, 2.24) is 10.2 Å². The Hall–Kier alpha value is -3.89. The van der Waals surface area contributed by atoms with Crippen molar-refractivity contribution < 1.29 is 37.1 Å². The number of aryl methyl sites for hydroxylation is 1. The van der Waals surface area contributed by atoms with Crippen molar-refractivity contribution in [2.75, 3.05) is 5.32 Å². The van der Waals surface area contributed by atoms with Gasteiger partial charge in [-0.05, 0) is 42.2 Å². The number of carbonyl (C=O) groups is 4. The molecule has 3 amide bonds. The molecule has 2 N–H and O–H groups in total. The van der Waals surface area contributed by atoms with Gasteiger partial charge < -0.3 is 20.3 Å². The first-order chi connectivity index (χ1) is 16.5. The van der Waals surface area contributed by atoms with Crippen molar-refractivity contribution in [2.45, 2.75) is 51.7 Å². The van der Waals surface area contributed by atoms with Crippen LogP contribution in [0.5, 0.6) is 5.75 Å². The summed E-state index contributed by atoms with van der Waals surface area (Å²) in [4.78, 5) is 50.4. The van der Waals surface area contributed by atoms with Gasteiger partial charge >= 0.3 is 12.4 Å². The number of Topliss-reactive ketones (excluding diaryl/α,β-unsaturated/α-hetero) is 2. The Morgan fingerprint density at radius 2 is 1.91 bits per heavy atom. The van der Waals surface area contributed by atoms with Crippen molar-refractivity contribution in [1.29, 1.82) is 0 Å². The molecule has 8 nitrogen and oxygen atoms in total. The first-order valence-corrected chi connectivity index (χ1v) is 10.9. The van der Waals surface area contributed by atoms with Crippen LogP contribution in [0, 0.1) is 6.92 Å². The highest BCUT2D eigenvalue weighted by molar-refractivity contribution is 6.07. The fourth-order valence-electron chi connectivity index (χ4n) is 4.19. The summed E-state index contributed by atoms with van der Waals surface area (Å²) in [6.07, 6.45) is -4.42. The standard InChI is InChI=1S/C24H22F3N3O5/c1-13-2-5-16(9-21(13)35-24(25,26)27)29-23(34)28-11-14-3-4-15-12-30(22(33)18(15)8-14)19-7-6-17(31)10-20(19)32/h2-5,8-9,19H,6-7,10-12H2,1H3,(H2,28,29,34). The normalized spacial score (nSPS) is 17.9. The van der Waals surface area contributed by atoms with Gasteiger partial charge in [0, 0.05) is 36.8 Å². The smallest absolute Gasteiger partial charge is 0.405 e. The highest BCUT2D eigenvalue weighted by Gasteiger charge is 2.39. The van der Waals surface area contributed by atoms with Gasteiger partial charge in [0.2, 0.25) is 0 Å². The lowest BCUT2D eigenvalue weighted by Gasteiger charge is -2.29. The van der Waals surface area contributed by atoms with Crippen LogP contribution in [-0.2, 0) is 22.7 Å². The second-order valence-corrected chi connectivity index (χ2v) is 8.50. The zero-order valence-corrected chi connectivity index (χ0v) is 18.7. The number of urea groups is 1. The predicted octanol–water partition coefficient (Wildman–Crippen LogP) is 3.86. The van der Waals surface area contributed by atoms with E-state index >= 15 is 0 Å². The number of alkyl halides is 3. The molecule has 2 aromatic rings. The highest BCUT2D eigenvalue weighted by atomic mass is 19.4. The van der Waals surface area contributed by atoms with Gasteiger partial charge in [-0.15, -0.1) is 13.2 Å². The minimum absolute atomic E-state index is 0.0566. The molecule has 35 heavy (non-hydrogen) atoms. The van der Waals surface area contributed by atoms with Crippen LogP contribution in [0.15, 0.2) is 36.4 Å². The third kappa shape index (κ3) is 5.61. The molecule has 184 valence electrons. The summed E-state index contributed by atoms with van der Waals surface area (Å²) in [6.45, 7) is 1.79. The lowest BCUT2D eigenvalue weighted by Crippen LogP contribution is -2.44. The Kier molecular flexibility index (Phi) is 6.51. The largest absolute Gasteiger partial charge is 0.573 e. The van der Waals surface area contributed by atoms with Gasteiger partial charge in [-0.2, -0.15) is 0 Å². The Labute approximate surface area is 198 Å². The lowest BCUT2D eigenvalue weighted by molar-refractivity contribution is -0.274. The van der Waals surface area contributed by atoms with E-state index in [1.54, 1.807) is 18.2 Å². The van der Waals surface area contributed by atoms with Crippen LogP contribution in [0.3, 0.4) is 0 Å².